The van der Waals surface area contributed by atoms with Gasteiger partial charge in [0, 0.05) is 13.2 Å². The highest BCUT2D eigenvalue weighted by molar-refractivity contribution is 5.85. The van der Waals surface area contributed by atoms with Crippen LogP contribution in [-0.2, 0) is 11.3 Å². The highest BCUT2D eigenvalue weighted by Gasteiger charge is 2.29. The Balaban J connectivity index is 2.66. The lowest BCUT2D eigenvalue weighted by Gasteiger charge is -2.27. The van der Waals surface area contributed by atoms with E-state index in [-0.39, 0.29) is 5.91 Å². The lowest BCUT2D eigenvalue weighted by atomic mass is 9.99. The van der Waals surface area contributed by atoms with E-state index < -0.39 is 5.54 Å². The third-order valence-electron chi connectivity index (χ3n) is 2.70. The lowest BCUT2D eigenvalue weighted by Crippen LogP contribution is -2.51. The average Bonchev–Trinajstić information content (AvgIpc) is 2.29. The third kappa shape index (κ3) is 3.03. The van der Waals surface area contributed by atoms with Crippen molar-refractivity contribution in [2.24, 2.45) is 5.73 Å². The first-order valence-corrected chi connectivity index (χ1v) is 5.41. The Kier molecular flexibility index (Phi) is 4.01. The standard InChI is InChI=1S/C12H19N3O/c1-4-12(2,13)11(16)15(3)9-10-7-5-6-8-14-10/h5-8H,4,9,13H2,1-3H3. The summed E-state index contributed by atoms with van der Waals surface area (Å²) in [7, 11) is 1.75. The minimum Gasteiger partial charge on any atom is -0.338 e. The van der Waals surface area contributed by atoms with Gasteiger partial charge < -0.3 is 10.6 Å². The highest BCUT2D eigenvalue weighted by Crippen LogP contribution is 2.10. The normalized spacial score (nSPS) is 14.2. The number of hydrogen-bond acceptors (Lipinski definition) is 3. The first-order valence-electron chi connectivity index (χ1n) is 5.41. The van der Waals surface area contributed by atoms with Crippen molar-refractivity contribution in [1.29, 1.82) is 0 Å². The zero-order valence-corrected chi connectivity index (χ0v) is 10.1. The minimum atomic E-state index is -0.788. The van der Waals surface area contributed by atoms with Crippen LogP contribution >= 0.6 is 0 Å². The molecule has 0 aromatic carbocycles. The maximum atomic E-state index is 12.0. The number of carbonyl (C=O) groups is 1. The molecule has 1 unspecified atom stereocenters. The molecular formula is C12H19N3O. The van der Waals surface area contributed by atoms with E-state index in [9.17, 15) is 4.79 Å². The smallest absolute Gasteiger partial charge is 0.242 e. The maximum absolute atomic E-state index is 12.0. The molecule has 1 atom stereocenters. The van der Waals surface area contributed by atoms with Crippen molar-refractivity contribution in [2.75, 3.05) is 7.05 Å². The van der Waals surface area contributed by atoms with E-state index >= 15 is 0 Å². The van der Waals surface area contributed by atoms with Gasteiger partial charge in [-0.05, 0) is 25.5 Å². The number of likely N-dealkylation sites (N-methyl/N-ethyl adjacent to an activating group) is 1. The van der Waals surface area contributed by atoms with Gasteiger partial charge in [0.1, 0.15) is 0 Å². The van der Waals surface area contributed by atoms with E-state index in [1.165, 1.54) is 0 Å². The predicted octanol–water partition coefficient (Wildman–Crippen LogP) is 1.17. The molecule has 0 aliphatic rings. The molecule has 0 aliphatic carbocycles. The van der Waals surface area contributed by atoms with Gasteiger partial charge in [-0.2, -0.15) is 0 Å². The maximum Gasteiger partial charge on any atom is 0.242 e. The second-order valence-electron chi connectivity index (χ2n) is 4.25. The molecule has 0 radical (unpaired) electrons. The summed E-state index contributed by atoms with van der Waals surface area (Å²) in [5.41, 5.74) is 5.98. The Labute approximate surface area is 96.5 Å². The zero-order chi connectivity index (χ0) is 12.2. The van der Waals surface area contributed by atoms with Gasteiger partial charge in [-0.3, -0.25) is 9.78 Å². The number of hydrogen-bond donors (Lipinski definition) is 1. The molecular weight excluding hydrogens is 202 g/mol. The summed E-state index contributed by atoms with van der Waals surface area (Å²) < 4.78 is 0. The van der Waals surface area contributed by atoms with Gasteiger partial charge in [-0.25, -0.2) is 0 Å². The molecule has 1 aromatic rings. The number of amides is 1. The summed E-state index contributed by atoms with van der Waals surface area (Å²) in [4.78, 5) is 17.8. The van der Waals surface area contributed by atoms with Crippen molar-refractivity contribution in [1.82, 2.24) is 9.88 Å². The molecule has 1 rings (SSSR count). The second kappa shape index (κ2) is 5.07. The SMILES string of the molecule is CCC(C)(N)C(=O)N(C)Cc1ccccn1. The van der Waals surface area contributed by atoms with E-state index in [4.69, 9.17) is 5.73 Å². The second-order valence-corrected chi connectivity index (χ2v) is 4.25. The summed E-state index contributed by atoms with van der Waals surface area (Å²) in [6.07, 6.45) is 2.34. The van der Waals surface area contributed by atoms with Gasteiger partial charge in [0.05, 0.1) is 17.8 Å². The molecule has 0 spiro atoms. The molecule has 1 amide bonds. The van der Waals surface area contributed by atoms with Crippen LogP contribution in [-0.4, -0.2) is 28.4 Å². The molecule has 0 fully saturated rings. The van der Waals surface area contributed by atoms with Crippen molar-refractivity contribution in [2.45, 2.75) is 32.4 Å². The van der Waals surface area contributed by atoms with E-state index in [0.29, 0.717) is 13.0 Å². The van der Waals surface area contributed by atoms with Crippen molar-refractivity contribution >= 4 is 5.91 Å². The molecule has 2 N–H and O–H groups in total. The van der Waals surface area contributed by atoms with Crippen molar-refractivity contribution in [3.63, 3.8) is 0 Å². The van der Waals surface area contributed by atoms with Gasteiger partial charge in [0.15, 0.2) is 0 Å². The van der Waals surface area contributed by atoms with Crippen LogP contribution in [0.25, 0.3) is 0 Å². The Morgan fingerprint density at radius 1 is 1.56 bits per heavy atom. The Bertz CT molecular complexity index is 349. The molecule has 88 valence electrons. The quantitative estimate of drug-likeness (QED) is 0.830. The molecule has 0 bridgehead atoms. The number of nitrogens with two attached hydrogens (primary N) is 1. The summed E-state index contributed by atoms with van der Waals surface area (Å²) in [6.45, 7) is 4.16. The van der Waals surface area contributed by atoms with Gasteiger partial charge >= 0.3 is 0 Å². The highest BCUT2D eigenvalue weighted by atomic mass is 16.2. The molecule has 0 saturated carbocycles. The fraction of sp³-hybridized carbons (Fsp3) is 0.500. The molecule has 16 heavy (non-hydrogen) atoms. The predicted molar refractivity (Wildman–Crippen MR) is 63.6 cm³/mol. The number of rotatable bonds is 4. The first-order chi connectivity index (χ1) is 7.47. The molecule has 4 nitrogen and oxygen atoms in total. The van der Waals surface area contributed by atoms with Gasteiger partial charge in [-0.1, -0.05) is 13.0 Å². The molecule has 4 heteroatoms. The monoisotopic (exact) mass is 221 g/mol. The van der Waals surface area contributed by atoms with E-state index in [2.05, 4.69) is 4.98 Å². The number of carbonyl (C=O) groups excluding carboxylic acids is 1. The van der Waals surface area contributed by atoms with E-state index in [1.807, 2.05) is 25.1 Å². The largest absolute Gasteiger partial charge is 0.338 e. The van der Waals surface area contributed by atoms with Crippen LogP contribution in [0.5, 0.6) is 0 Å². The van der Waals surface area contributed by atoms with Crippen LogP contribution < -0.4 is 5.73 Å². The fourth-order valence-corrected chi connectivity index (χ4v) is 1.39. The van der Waals surface area contributed by atoms with E-state index in [1.54, 1.807) is 25.1 Å². The van der Waals surface area contributed by atoms with Gasteiger partial charge in [-0.15, -0.1) is 0 Å². The summed E-state index contributed by atoms with van der Waals surface area (Å²) in [5, 5.41) is 0. The van der Waals surface area contributed by atoms with Crippen LogP contribution in [0.2, 0.25) is 0 Å². The van der Waals surface area contributed by atoms with Crippen LogP contribution in [0.15, 0.2) is 24.4 Å². The molecule has 0 saturated heterocycles. The van der Waals surface area contributed by atoms with E-state index in [0.717, 1.165) is 5.69 Å². The molecule has 1 aromatic heterocycles. The van der Waals surface area contributed by atoms with Crippen LogP contribution in [0.4, 0.5) is 0 Å². The third-order valence-corrected chi connectivity index (χ3v) is 2.70. The fourth-order valence-electron chi connectivity index (χ4n) is 1.39. The lowest BCUT2D eigenvalue weighted by molar-refractivity contribution is -0.135. The van der Waals surface area contributed by atoms with Crippen molar-refractivity contribution in [3.05, 3.63) is 30.1 Å². The Hall–Kier alpha value is -1.42. The number of pyridine rings is 1. The molecule has 0 aliphatic heterocycles. The summed E-state index contributed by atoms with van der Waals surface area (Å²) in [6, 6.07) is 5.65. The summed E-state index contributed by atoms with van der Waals surface area (Å²) >= 11 is 0. The topological polar surface area (TPSA) is 59.2 Å². The van der Waals surface area contributed by atoms with Crippen LogP contribution in [0.3, 0.4) is 0 Å². The van der Waals surface area contributed by atoms with Gasteiger partial charge in [0.25, 0.3) is 0 Å². The van der Waals surface area contributed by atoms with Crippen molar-refractivity contribution < 1.29 is 4.79 Å². The number of nitrogens with zero attached hydrogens (tertiary/aromatic N) is 2. The Morgan fingerprint density at radius 2 is 2.25 bits per heavy atom. The number of aromatic nitrogens is 1. The first kappa shape index (κ1) is 12.6. The van der Waals surface area contributed by atoms with Crippen LogP contribution in [0, 0.1) is 0 Å². The Morgan fingerprint density at radius 3 is 2.75 bits per heavy atom. The van der Waals surface area contributed by atoms with Gasteiger partial charge in [0.2, 0.25) is 5.91 Å². The van der Waals surface area contributed by atoms with Crippen molar-refractivity contribution in [3.8, 4) is 0 Å². The minimum absolute atomic E-state index is 0.0550. The molecule has 1 heterocycles. The zero-order valence-electron chi connectivity index (χ0n) is 10.1. The average molecular weight is 221 g/mol. The summed E-state index contributed by atoms with van der Waals surface area (Å²) in [5.74, 6) is -0.0550. The van der Waals surface area contributed by atoms with Crippen LogP contribution in [0.1, 0.15) is 26.0 Å².